The van der Waals surface area contributed by atoms with Crippen LogP contribution in [0.5, 0.6) is 5.75 Å². The summed E-state index contributed by atoms with van der Waals surface area (Å²) in [4.78, 5) is 11.8. The number of carbonyl (C=O) groups is 1. The Hall–Kier alpha value is -2.27. The SMILES string of the molecule is COCC(C)NC(=O)COc1ccc(N)c2ccccc12. The van der Waals surface area contributed by atoms with Crippen LogP contribution in [-0.4, -0.2) is 32.3 Å². The van der Waals surface area contributed by atoms with Gasteiger partial charge in [0.15, 0.2) is 6.61 Å². The van der Waals surface area contributed by atoms with Crippen molar-refractivity contribution in [2.24, 2.45) is 0 Å². The van der Waals surface area contributed by atoms with Crippen molar-refractivity contribution in [1.82, 2.24) is 5.32 Å². The van der Waals surface area contributed by atoms with Gasteiger partial charge in [-0.15, -0.1) is 0 Å². The molecular weight excluding hydrogens is 268 g/mol. The lowest BCUT2D eigenvalue weighted by atomic mass is 10.1. The Morgan fingerprint density at radius 1 is 1.24 bits per heavy atom. The quantitative estimate of drug-likeness (QED) is 0.797. The summed E-state index contributed by atoms with van der Waals surface area (Å²) in [6.07, 6.45) is 0. The van der Waals surface area contributed by atoms with Gasteiger partial charge in [-0.05, 0) is 19.1 Å². The Labute approximate surface area is 124 Å². The van der Waals surface area contributed by atoms with E-state index in [0.29, 0.717) is 18.0 Å². The van der Waals surface area contributed by atoms with Crippen molar-refractivity contribution in [1.29, 1.82) is 0 Å². The summed E-state index contributed by atoms with van der Waals surface area (Å²) >= 11 is 0. The average Bonchev–Trinajstić information content (AvgIpc) is 2.47. The van der Waals surface area contributed by atoms with Crippen LogP contribution in [0.3, 0.4) is 0 Å². The summed E-state index contributed by atoms with van der Waals surface area (Å²) in [5.41, 5.74) is 6.62. The van der Waals surface area contributed by atoms with E-state index in [9.17, 15) is 4.79 Å². The molecule has 2 rings (SSSR count). The number of nitrogens with one attached hydrogen (secondary N) is 1. The Kier molecular flexibility index (Phi) is 5.00. The van der Waals surface area contributed by atoms with Crippen LogP contribution >= 0.6 is 0 Å². The van der Waals surface area contributed by atoms with E-state index in [2.05, 4.69) is 5.32 Å². The van der Waals surface area contributed by atoms with Crippen molar-refractivity contribution in [2.45, 2.75) is 13.0 Å². The maximum absolute atomic E-state index is 11.8. The maximum Gasteiger partial charge on any atom is 0.258 e. The largest absolute Gasteiger partial charge is 0.483 e. The van der Waals surface area contributed by atoms with E-state index < -0.39 is 0 Å². The van der Waals surface area contributed by atoms with Gasteiger partial charge in [-0.2, -0.15) is 0 Å². The molecular formula is C16H20N2O3. The number of nitrogen functional groups attached to an aromatic ring is 1. The fourth-order valence-corrected chi connectivity index (χ4v) is 2.17. The number of methoxy groups -OCH3 is 1. The van der Waals surface area contributed by atoms with Crippen molar-refractivity contribution < 1.29 is 14.3 Å². The minimum Gasteiger partial charge on any atom is -0.483 e. The van der Waals surface area contributed by atoms with E-state index in [1.807, 2.05) is 31.2 Å². The molecule has 2 aromatic carbocycles. The molecule has 5 nitrogen and oxygen atoms in total. The molecule has 0 aliphatic rings. The van der Waals surface area contributed by atoms with Gasteiger partial charge >= 0.3 is 0 Å². The smallest absolute Gasteiger partial charge is 0.258 e. The Bertz CT molecular complexity index is 628. The van der Waals surface area contributed by atoms with E-state index in [1.165, 1.54) is 0 Å². The van der Waals surface area contributed by atoms with Crippen LogP contribution in [0.1, 0.15) is 6.92 Å². The summed E-state index contributed by atoms with van der Waals surface area (Å²) in [5.74, 6) is 0.467. The molecule has 0 saturated heterocycles. The van der Waals surface area contributed by atoms with Gasteiger partial charge in [-0.3, -0.25) is 4.79 Å². The van der Waals surface area contributed by atoms with Crippen LogP contribution in [0.15, 0.2) is 36.4 Å². The average molecular weight is 288 g/mol. The molecule has 0 radical (unpaired) electrons. The van der Waals surface area contributed by atoms with Gasteiger partial charge in [0.1, 0.15) is 5.75 Å². The topological polar surface area (TPSA) is 73.6 Å². The summed E-state index contributed by atoms with van der Waals surface area (Å²) < 4.78 is 10.6. The van der Waals surface area contributed by atoms with Crippen LogP contribution in [-0.2, 0) is 9.53 Å². The number of hydrogen-bond donors (Lipinski definition) is 2. The number of amides is 1. The van der Waals surface area contributed by atoms with Crippen molar-refractivity contribution in [3.63, 3.8) is 0 Å². The van der Waals surface area contributed by atoms with Crippen molar-refractivity contribution in [3.05, 3.63) is 36.4 Å². The first-order chi connectivity index (χ1) is 10.1. The van der Waals surface area contributed by atoms with Crippen LogP contribution in [0.2, 0.25) is 0 Å². The van der Waals surface area contributed by atoms with Crippen molar-refractivity contribution in [3.8, 4) is 5.75 Å². The molecule has 1 unspecified atom stereocenters. The third-order valence-electron chi connectivity index (χ3n) is 3.10. The van der Waals surface area contributed by atoms with Crippen LogP contribution in [0, 0.1) is 0 Å². The highest BCUT2D eigenvalue weighted by molar-refractivity contribution is 5.97. The zero-order valence-corrected chi connectivity index (χ0v) is 12.3. The van der Waals surface area contributed by atoms with Gasteiger partial charge < -0.3 is 20.5 Å². The summed E-state index contributed by atoms with van der Waals surface area (Å²) in [5, 5.41) is 4.61. The van der Waals surface area contributed by atoms with Crippen LogP contribution in [0.4, 0.5) is 5.69 Å². The lowest BCUT2D eigenvalue weighted by Gasteiger charge is -2.14. The van der Waals surface area contributed by atoms with Gasteiger partial charge in [0, 0.05) is 29.6 Å². The number of hydrogen-bond acceptors (Lipinski definition) is 4. The monoisotopic (exact) mass is 288 g/mol. The summed E-state index contributed by atoms with van der Waals surface area (Å²) in [6.45, 7) is 2.30. The van der Waals surface area contributed by atoms with E-state index in [0.717, 1.165) is 10.8 Å². The molecule has 2 aromatic rings. The number of fused-ring (bicyclic) bond motifs is 1. The first kappa shape index (κ1) is 15.1. The number of carbonyl (C=O) groups excluding carboxylic acids is 1. The highest BCUT2D eigenvalue weighted by Crippen LogP contribution is 2.29. The fraction of sp³-hybridized carbons (Fsp3) is 0.312. The van der Waals surface area contributed by atoms with Crippen molar-refractivity contribution >= 4 is 22.4 Å². The zero-order chi connectivity index (χ0) is 15.2. The second-order valence-electron chi connectivity index (χ2n) is 4.91. The molecule has 1 atom stereocenters. The number of nitrogens with two attached hydrogens (primary N) is 1. The lowest BCUT2D eigenvalue weighted by Crippen LogP contribution is -2.38. The third kappa shape index (κ3) is 3.86. The van der Waals surface area contributed by atoms with E-state index in [4.69, 9.17) is 15.2 Å². The standard InChI is InChI=1S/C16H20N2O3/c1-11(9-20-2)18-16(19)10-21-15-8-7-14(17)12-5-3-4-6-13(12)15/h3-8,11H,9-10,17H2,1-2H3,(H,18,19). The highest BCUT2D eigenvalue weighted by Gasteiger charge is 2.09. The van der Waals surface area contributed by atoms with Gasteiger partial charge in [-0.25, -0.2) is 0 Å². The number of benzene rings is 2. The minimum absolute atomic E-state index is 0.0397. The zero-order valence-electron chi connectivity index (χ0n) is 12.3. The first-order valence-corrected chi connectivity index (χ1v) is 6.80. The van der Waals surface area contributed by atoms with E-state index in [1.54, 1.807) is 19.2 Å². The second-order valence-corrected chi connectivity index (χ2v) is 4.91. The second kappa shape index (κ2) is 6.95. The Morgan fingerprint density at radius 2 is 1.95 bits per heavy atom. The predicted molar refractivity (Wildman–Crippen MR) is 83.3 cm³/mol. The van der Waals surface area contributed by atoms with Crippen LogP contribution in [0.25, 0.3) is 10.8 Å². The molecule has 0 aromatic heterocycles. The Balaban J connectivity index is 2.04. The van der Waals surface area contributed by atoms with E-state index >= 15 is 0 Å². The first-order valence-electron chi connectivity index (χ1n) is 6.80. The van der Waals surface area contributed by atoms with Crippen LogP contribution < -0.4 is 15.8 Å². The molecule has 0 heterocycles. The van der Waals surface area contributed by atoms with Gasteiger partial charge in [0.2, 0.25) is 0 Å². The van der Waals surface area contributed by atoms with Crippen molar-refractivity contribution in [2.75, 3.05) is 26.1 Å². The molecule has 21 heavy (non-hydrogen) atoms. The molecule has 0 aliphatic carbocycles. The third-order valence-corrected chi connectivity index (χ3v) is 3.10. The van der Waals surface area contributed by atoms with Gasteiger partial charge in [0.05, 0.1) is 6.61 Å². The number of ether oxygens (including phenoxy) is 2. The fourth-order valence-electron chi connectivity index (χ4n) is 2.17. The molecule has 0 saturated carbocycles. The van der Waals surface area contributed by atoms with E-state index in [-0.39, 0.29) is 18.6 Å². The summed E-state index contributed by atoms with van der Waals surface area (Å²) in [6, 6.07) is 11.2. The number of rotatable bonds is 6. The molecule has 3 N–H and O–H groups in total. The molecule has 0 aliphatic heterocycles. The molecule has 1 amide bonds. The highest BCUT2D eigenvalue weighted by atomic mass is 16.5. The summed E-state index contributed by atoms with van der Waals surface area (Å²) in [7, 11) is 1.60. The maximum atomic E-state index is 11.8. The normalized spacial score (nSPS) is 12.1. The Morgan fingerprint density at radius 3 is 2.67 bits per heavy atom. The lowest BCUT2D eigenvalue weighted by molar-refractivity contribution is -0.124. The molecule has 0 bridgehead atoms. The molecule has 0 spiro atoms. The molecule has 112 valence electrons. The van der Waals surface area contributed by atoms with Gasteiger partial charge in [0.25, 0.3) is 5.91 Å². The minimum atomic E-state index is -0.180. The number of anilines is 1. The van der Waals surface area contributed by atoms with Gasteiger partial charge in [-0.1, -0.05) is 24.3 Å². The predicted octanol–water partition coefficient (Wildman–Crippen LogP) is 1.95. The molecule has 5 heteroatoms. The molecule has 0 fully saturated rings.